The van der Waals surface area contributed by atoms with Crippen molar-refractivity contribution in [2.75, 3.05) is 5.32 Å². The molecule has 0 atom stereocenters. The maximum absolute atomic E-state index is 12.2. The van der Waals surface area contributed by atoms with E-state index in [4.69, 9.17) is 0 Å². The molecule has 1 saturated carbocycles. The Bertz CT molecular complexity index is 624. The summed E-state index contributed by atoms with van der Waals surface area (Å²) in [4.78, 5) is 20.6. The number of rotatable bonds is 5. The lowest BCUT2D eigenvalue weighted by Crippen LogP contribution is -2.32. The van der Waals surface area contributed by atoms with E-state index in [1.54, 1.807) is 18.6 Å². The lowest BCUT2D eigenvalue weighted by atomic mass is 10.2. The topological polar surface area (TPSA) is 66.9 Å². The first-order valence-corrected chi connectivity index (χ1v) is 7.71. The fraction of sp³-hybridized carbons (Fsp3) is 0.353. The molecule has 2 aromatic heterocycles. The first kappa shape index (κ1) is 14.5. The van der Waals surface area contributed by atoms with Crippen molar-refractivity contribution in [3.63, 3.8) is 0 Å². The number of aromatic nitrogens is 2. The van der Waals surface area contributed by atoms with Crippen LogP contribution in [0.15, 0.2) is 42.9 Å². The third kappa shape index (κ3) is 3.81. The molecule has 1 aliphatic rings. The lowest BCUT2D eigenvalue weighted by molar-refractivity contribution is 0.0937. The Kier molecular flexibility index (Phi) is 4.63. The van der Waals surface area contributed by atoms with Crippen molar-refractivity contribution >= 4 is 11.6 Å². The minimum atomic E-state index is -0.0408. The first-order chi connectivity index (χ1) is 10.8. The van der Waals surface area contributed by atoms with Gasteiger partial charge in [-0.1, -0.05) is 18.9 Å². The van der Waals surface area contributed by atoms with E-state index in [9.17, 15) is 4.79 Å². The van der Waals surface area contributed by atoms with Gasteiger partial charge in [-0.15, -0.1) is 0 Å². The van der Waals surface area contributed by atoms with Crippen LogP contribution in [0.4, 0.5) is 5.69 Å². The van der Waals surface area contributed by atoms with E-state index in [2.05, 4.69) is 20.6 Å². The zero-order valence-corrected chi connectivity index (χ0v) is 12.5. The quantitative estimate of drug-likeness (QED) is 0.890. The molecule has 1 aliphatic carbocycles. The Hall–Kier alpha value is -2.43. The van der Waals surface area contributed by atoms with Crippen LogP contribution < -0.4 is 10.6 Å². The number of hydrogen-bond acceptors (Lipinski definition) is 4. The second-order valence-electron chi connectivity index (χ2n) is 5.59. The highest BCUT2D eigenvalue weighted by Gasteiger charge is 2.18. The Labute approximate surface area is 130 Å². The second kappa shape index (κ2) is 7.02. The summed E-state index contributed by atoms with van der Waals surface area (Å²) in [6, 6.07) is 7.95. The van der Waals surface area contributed by atoms with Gasteiger partial charge < -0.3 is 10.6 Å². The molecule has 0 saturated heterocycles. The van der Waals surface area contributed by atoms with E-state index in [0.29, 0.717) is 18.2 Å². The van der Waals surface area contributed by atoms with Crippen LogP contribution in [-0.4, -0.2) is 21.9 Å². The Morgan fingerprint density at radius 1 is 1.23 bits per heavy atom. The van der Waals surface area contributed by atoms with Gasteiger partial charge in [0.1, 0.15) is 0 Å². The molecule has 2 N–H and O–H groups in total. The Morgan fingerprint density at radius 3 is 2.86 bits per heavy atom. The van der Waals surface area contributed by atoms with E-state index in [1.165, 1.54) is 12.8 Å². The highest BCUT2D eigenvalue weighted by Crippen LogP contribution is 2.18. The van der Waals surface area contributed by atoms with E-state index in [0.717, 1.165) is 24.2 Å². The van der Waals surface area contributed by atoms with Gasteiger partial charge in [0.05, 0.1) is 23.5 Å². The monoisotopic (exact) mass is 296 g/mol. The molecule has 22 heavy (non-hydrogen) atoms. The summed E-state index contributed by atoms with van der Waals surface area (Å²) in [5.41, 5.74) is 2.37. The van der Waals surface area contributed by atoms with Gasteiger partial charge in [-0.05, 0) is 31.0 Å². The molecule has 0 bridgehead atoms. The van der Waals surface area contributed by atoms with Gasteiger partial charge in [0.15, 0.2) is 0 Å². The predicted octanol–water partition coefficient (Wildman–Crippen LogP) is 2.76. The predicted molar refractivity (Wildman–Crippen MR) is 85.5 cm³/mol. The maximum atomic E-state index is 12.2. The lowest BCUT2D eigenvalue weighted by Gasteiger charge is -2.12. The van der Waals surface area contributed by atoms with Crippen molar-refractivity contribution in [3.8, 4) is 0 Å². The largest absolute Gasteiger partial charge is 0.378 e. The minimum Gasteiger partial charge on any atom is -0.378 e. The molecule has 0 aliphatic heterocycles. The molecule has 0 unspecified atom stereocenters. The number of carbonyl (C=O) groups excluding carboxylic acids is 1. The number of amides is 1. The molecule has 2 heterocycles. The summed E-state index contributed by atoms with van der Waals surface area (Å²) in [6.07, 6.45) is 9.66. The van der Waals surface area contributed by atoms with Crippen LogP contribution in [-0.2, 0) is 6.54 Å². The summed E-state index contributed by atoms with van der Waals surface area (Å²) in [6.45, 7) is 0.607. The standard InChI is InChI=1S/C17H20N4O/c22-17(21-14-5-1-2-6-14)13-9-16(11-18-10-13)20-12-15-7-3-4-8-19-15/h3-4,7-11,14,20H,1-2,5-6,12H2,(H,21,22). The fourth-order valence-corrected chi connectivity index (χ4v) is 2.69. The molecule has 0 radical (unpaired) electrons. The van der Waals surface area contributed by atoms with Crippen LogP contribution in [0.2, 0.25) is 0 Å². The molecule has 5 heteroatoms. The van der Waals surface area contributed by atoms with Crippen LogP contribution in [0.3, 0.4) is 0 Å². The van der Waals surface area contributed by atoms with Gasteiger partial charge in [-0.3, -0.25) is 14.8 Å². The van der Waals surface area contributed by atoms with E-state index in [-0.39, 0.29) is 5.91 Å². The van der Waals surface area contributed by atoms with Crippen molar-refractivity contribution in [2.24, 2.45) is 0 Å². The van der Waals surface area contributed by atoms with Gasteiger partial charge in [-0.25, -0.2) is 0 Å². The summed E-state index contributed by atoms with van der Waals surface area (Å²) in [5, 5.41) is 6.32. The molecule has 3 rings (SSSR count). The third-order valence-corrected chi connectivity index (χ3v) is 3.89. The second-order valence-corrected chi connectivity index (χ2v) is 5.59. The van der Waals surface area contributed by atoms with E-state index < -0.39 is 0 Å². The number of anilines is 1. The number of hydrogen-bond donors (Lipinski definition) is 2. The van der Waals surface area contributed by atoms with Crippen molar-refractivity contribution in [2.45, 2.75) is 38.3 Å². The summed E-state index contributed by atoms with van der Waals surface area (Å²) in [5.74, 6) is -0.0408. The third-order valence-electron chi connectivity index (χ3n) is 3.89. The number of nitrogens with one attached hydrogen (secondary N) is 2. The molecule has 5 nitrogen and oxygen atoms in total. The van der Waals surface area contributed by atoms with Crippen LogP contribution in [0.5, 0.6) is 0 Å². The minimum absolute atomic E-state index is 0.0408. The average Bonchev–Trinajstić information content (AvgIpc) is 3.07. The highest BCUT2D eigenvalue weighted by molar-refractivity contribution is 5.94. The zero-order valence-electron chi connectivity index (χ0n) is 12.5. The van der Waals surface area contributed by atoms with Crippen molar-refractivity contribution in [1.29, 1.82) is 0 Å². The van der Waals surface area contributed by atoms with Crippen LogP contribution in [0, 0.1) is 0 Å². The summed E-state index contributed by atoms with van der Waals surface area (Å²) in [7, 11) is 0. The molecule has 1 amide bonds. The highest BCUT2D eigenvalue weighted by atomic mass is 16.1. The Balaban J connectivity index is 1.60. The van der Waals surface area contributed by atoms with E-state index >= 15 is 0 Å². The van der Waals surface area contributed by atoms with Crippen LogP contribution >= 0.6 is 0 Å². The van der Waals surface area contributed by atoms with Gasteiger partial charge in [0.25, 0.3) is 5.91 Å². The van der Waals surface area contributed by atoms with Gasteiger partial charge >= 0.3 is 0 Å². The zero-order chi connectivity index (χ0) is 15.2. The van der Waals surface area contributed by atoms with Crippen LogP contribution in [0.25, 0.3) is 0 Å². The fourth-order valence-electron chi connectivity index (χ4n) is 2.69. The summed E-state index contributed by atoms with van der Waals surface area (Å²) < 4.78 is 0. The van der Waals surface area contributed by atoms with Crippen molar-refractivity contribution in [1.82, 2.24) is 15.3 Å². The number of carbonyl (C=O) groups is 1. The van der Waals surface area contributed by atoms with Crippen molar-refractivity contribution < 1.29 is 4.79 Å². The molecule has 114 valence electrons. The maximum Gasteiger partial charge on any atom is 0.253 e. The molecule has 0 aromatic carbocycles. The Morgan fingerprint density at radius 2 is 2.09 bits per heavy atom. The normalized spacial score (nSPS) is 14.7. The number of pyridine rings is 2. The SMILES string of the molecule is O=C(NC1CCCC1)c1cncc(NCc2ccccn2)c1. The van der Waals surface area contributed by atoms with Gasteiger partial charge in [0.2, 0.25) is 0 Å². The van der Waals surface area contributed by atoms with Gasteiger partial charge in [0, 0.05) is 24.6 Å². The van der Waals surface area contributed by atoms with Crippen LogP contribution in [0.1, 0.15) is 41.7 Å². The molecular formula is C17H20N4O. The molecule has 0 spiro atoms. The van der Waals surface area contributed by atoms with E-state index in [1.807, 2.05) is 24.3 Å². The smallest absolute Gasteiger partial charge is 0.253 e. The molecular weight excluding hydrogens is 276 g/mol. The molecule has 1 fully saturated rings. The first-order valence-electron chi connectivity index (χ1n) is 7.71. The van der Waals surface area contributed by atoms with Gasteiger partial charge in [-0.2, -0.15) is 0 Å². The molecule has 2 aromatic rings. The van der Waals surface area contributed by atoms with Crippen molar-refractivity contribution in [3.05, 3.63) is 54.1 Å². The average molecular weight is 296 g/mol. The summed E-state index contributed by atoms with van der Waals surface area (Å²) >= 11 is 0. The number of nitrogens with zero attached hydrogens (tertiary/aromatic N) is 2.